The Morgan fingerprint density at radius 1 is 1.60 bits per heavy atom. The van der Waals surface area contributed by atoms with Gasteiger partial charge in [-0.15, -0.1) is 5.10 Å². The summed E-state index contributed by atoms with van der Waals surface area (Å²) in [5.41, 5.74) is 10.2. The minimum Gasteiger partial charge on any atom is -0.368 e. The van der Waals surface area contributed by atoms with Gasteiger partial charge >= 0.3 is 0 Å². The zero-order chi connectivity index (χ0) is 11.1. The van der Waals surface area contributed by atoms with Crippen molar-refractivity contribution >= 4 is 5.96 Å². The molecular weight excluding hydrogens is 200 g/mol. The highest BCUT2D eigenvalue weighted by Crippen LogP contribution is 1.99. The molecule has 8 nitrogen and oxygen atoms in total. The molecule has 5 N–H and O–H groups in total. The van der Waals surface area contributed by atoms with E-state index in [1.807, 2.05) is 0 Å². The zero-order valence-electron chi connectivity index (χ0n) is 7.68. The van der Waals surface area contributed by atoms with Gasteiger partial charge in [0, 0.05) is 18.6 Å². The monoisotopic (exact) mass is 210 g/mol. The van der Waals surface area contributed by atoms with Gasteiger partial charge in [0.15, 0.2) is 5.03 Å². The fourth-order valence-corrected chi connectivity index (χ4v) is 0.791. The maximum Gasteiger partial charge on any atom is 0.273 e. The van der Waals surface area contributed by atoms with Crippen molar-refractivity contribution in [3.05, 3.63) is 46.4 Å². The van der Waals surface area contributed by atoms with Gasteiger partial charge in [0.05, 0.1) is 0 Å². The van der Waals surface area contributed by atoms with Crippen LogP contribution in [-0.2, 0) is 0 Å². The van der Waals surface area contributed by atoms with E-state index in [1.165, 1.54) is 0 Å². The molecule has 1 rings (SSSR count). The first-order valence-electron chi connectivity index (χ1n) is 3.97. The van der Waals surface area contributed by atoms with E-state index in [4.69, 9.17) is 5.73 Å². The molecular formula is C7H10N6O2. The molecule has 0 atom stereocenters. The number of allylic oxidation sites excluding steroid dienone is 3. The van der Waals surface area contributed by atoms with Gasteiger partial charge in [-0.25, -0.2) is 10.1 Å². The second-order valence-corrected chi connectivity index (χ2v) is 2.47. The van der Waals surface area contributed by atoms with Crippen molar-refractivity contribution in [2.45, 2.75) is 0 Å². The maximum absolute atomic E-state index is 9.93. The Morgan fingerprint density at radius 2 is 2.27 bits per heavy atom. The number of nitrogens with zero attached hydrogens (tertiary/aromatic N) is 2. The molecule has 0 unspecified atom stereocenters. The molecule has 0 saturated heterocycles. The van der Waals surface area contributed by atoms with Crippen molar-refractivity contribution in [1.29, 1.82) is 0 Å². The Hall–Kier alpha value is -2.51. The highest BCUT2D eigenvalue weighted by atomic mass is 16.7. The summed E-state index contributed by atoms with van der Waals surface area (Å²) < 4.78 is 0. The SMILES string of the molecule is N/C(=N\NC=C1C=CNC=C1)N[N+](=O)[O-]. The average Bonchev–Trinajstić information content (AvgIpc) is 2.18. The molecule has 0 spiro atoms. The van der Waals surface area contributed by atoms with Gasteiger partial charge in [-0.2, -0.15) is 0 Å². The normalized spacial score (nSPS) is 14.4. The molecule has 15 heavy (non-hydrogen) atoms. The predicted octanol–water partition coefficient (Wildman–Crippen LogP) is -0.898. The van der Waals surface area contributed by atoms with Crippen LogP contribution in [0.2, 0.25) is 0 Å². The Balaban J connectivity index is 2.42. The van der Waals surface area contributed by atoms with Gasteiger partial charge in [-0.05, 0) is 17.7 Å². The highest BCUT2D eigenvalue weighted by Gasteiger charge is 1.96. The molecule has 0 aromatic rings. The van der Waals surface area contributed by atoms with Gasteiger partial charge in [0.1, 0.15) is 0 Å². The lowest BCUT2D eigenvalue weighted by atomic mass is 10.2. The van der Waals surface area contributed by atoms with E-state index >= 15 is 0 Å². The van der Waals surface area contributed by atoms with Crippen LogP contribution < -0.4 is 21.9 Å². The fourth-order valence-electron chi connectivity index (χ4n) is 0.791. The molecule has 0 amide bonds. The lowest BCUT2D eigenvalue weighted by Gasteiger charge is -2.01. The molecule has 0 radical (unpaired) electrons. The quantitative estimate of drug-likeness (QED) is 0.207. The minimum absolute atomic E-state index is 0.321. The number of hydrogen-bond acceptors (Lipinski definition) is 5. The molecule has 1 aliphatic rings. The van der Waals surface area contributed by atoms with Crippen LogP contribution in [0.1, 0.15) is 0 Å². The molecule has 1 aliphatic heterocycles. The number of rotatable bonds is 3. The summed E-state index contributed by atoms with van der Waals surface area (Å²) in [5, 5.41) is 15.5. The third-order valence-electron chi connectivity index (χ3n) is 1.37. The summed E-state index contributed by atoms with van der Waals surface area (Å²) in [6, 6.07) is 0. The van der Waals surface area contributed by atoms with Gasteiger partial charge < -0.3 is 11.1 Å². The number of nitrogens with two attached hydrogens (primary N) is 1. The van der Waals surface area contributed by atoms with Crippen molar-refractivity contribution in [3.8, 4) is 0 Å². The number of nitrogens with one attached hydrogen (secondary N) is 3. The first-order valence-corrected chi connectivity index (χ1v) is 3.97. The number of hydrogen-bond donors (Lipinski definition) is 4. The molecule has 0 aromatic carbocycles. The standard InChI is InChI=1S/C7H10N6O2/c8-7(12-13(14)15)11-10-5-6-1-3-9-4-2-6/h1-5,9-10H,(H3,8,11,12). The molecule has 0 aliphatic carbocycles. The second-order valence-electron chi connectivity index (χ2n) is 2.47. The Labute approximate surface area is 85.3 Å². The molecule has 0 aromatic heterocycles. The van der Waals surface area contributed by atoms with Gasteiger partial charge in [-0.1, -0.05) is 5.43 Å². The molecule has 80 valence electrons. The predicted molar refractivity (Wildman–Crippen MR) is 54.4 cm³/mol. The highest BCUT2D eigenvalue weighted by molar-refractivity contribution is 5.76. The van der Waals surface area contributed by atoms with Crippen LogP contribution >= 0.6 is 0 Å². The van der Waals surface area contributed by atoms with E-state index in [1.54, 1.807) is 36.2 Å². The topological polar surface area (TPSA) is 118 Å². The summed E-state index contributed by atoms with van der Waals surface area (Å²) in [7, 11) is 0. The summed E-state index contributed by atoms with van der Waals surface area (Å²) in [4.78, 5) is 9.93. The van der Waals surface area contributed by atoms with E-state index in [9.17, 15) is 10.1 Å². The molecule has 0 saturated carbocycles. The molecule has 0 bridgehead atoms. The maximum atomic E-state index is 9.93. The number of nitro groups is 1. The summed E-state index contributed by atoms with van der Waals surface area (Å²) in [6.45, 7) is 0. The molecule has 1 heterocycles. The van der Waals surface area contributed by atoms with Crippen molar-refractivity contribution in [2.24, 2.45) is 10.8 Å². The lowest BCUT2D eigenvalue weighted by Crippen LogP contribution is -2.37. The fraction of sp³-hybridized carbons (Fsp3) is 0. The average molecular weight is 210 g/mol. The van der Waals surface area contributed by atoms with Gasteiger partial charge in [-0.3, -0.25) is 5.43 Å². The van der Waals surface area contributed by atoms with E-state index in [-0.39, 0.29) is 5.96 Å². The zero-order valence-corrected chi connectivity index (χ0v) is 7.68. The van der Waals surface area contributed by atoms with Crippen molar-refractivity contribution < 1.29 is 5.03 Å². The van der Waals surface area contributed by atoms with Crippen molar-refractivity contribution in [3.63, 3.8) is 0 Å². The Morgan fingerprint density at radius 3 is 2.87 bits per heavy atom. The summed E-state index contributed by atoms with van der Waals surface area (Å²) in [6.07, 6.45) is 8.59. The van der Waals surface area contributed by atoms with Gasteiger partial charge in [0.2, 0.25) is 0 Å². The van der Waals surface area contributed by atoms with Crippen LogP contribution in [0.25, 0.3) is 0 Å². The van der Waals surface area contributed by atoms with Gasteiger partial charge in [0.25, 0.3) is 5.96 Å². The van der Waals surface area contributed by atoms with Crippen LogP contribution in [-0.4, -0.2) is 11.0 Å². The van der Waals surface area contributed by atoms with Crippen LogP contribution in [0, 0.1) is 10.1 Å². The third kappa shape index (κ3) is 4.31. The first-order chi connectivity index (χ1) is 7.18. The smallest absolute Gasteiger partial charge is 0.273 e. The molecule has 0 fully saturated rings. The lowest BCUT2D eigenvalue weighted by molar-refractivity contribution is -0.525. The van der Waals surface area contributed by atoms with E-state index in [0.29, 0.717) is 0 Å². The van der Waals surface area contributed by atoms with Crippen molar-refractivity contribution in [1.82, 2.24) is 16.2 Å². The van der Waals surface area contributed by atoms with E-state index in [2.05, 4.69) is 15.8 Å². The second kappa shape index (κ2) is 5.27. The minimum atomic E-state index is -0.794. The van der Waals surface area contributed by atoms with Crippen LogP contribution in [0.5, 0.6) is 0 Å². The molecule has 8 heteroatoms. The van der Waals surface area contributed by atoms with Crippen LogP contribution in [0.4, 0.5) is 0 Å². The Kier molecular flexibility index (Phi) is 3.71. The number of hydrazine groups is 1. The first kappa shape index (κ1) is 10.6. The number of dihydropyridines is 1. The largest absolute Gasteiger partial charge is 0.368 e. The summed E-state index contributed by atoms with van der Waals surface area (Å²) >= 11 is 0. The van der Waals surface area contributed by atoms with Crippen molar-refractivity contribution in [2.75, 3.05) is 0 Å². The summed E-state index contributed by atoms with van der Waals surface area (Å²) in [5.74, 6) is -0.321. The third-order valence-corrected chi connectivity index (χ3v) is 1.37. The number of guanidine groups is 1. The number of hydrazone groups is 1. The van der Waals surface area contributed by atoms with E-state index in [0.717, 1.165) is 5.57 Å². The van der Waals surface area contributed by atoms with Crippen LogP contribution in [0.15, 0.2) is 41.4 Å². The Bertz CT molecular complexity index is 342. The van der Waals surface area contributed by atoms with Crippen LogP contribution in [0.3, 0.4) is 0 Å². The van der Waals surface area contributed by atoms with E-state index < -0.39 is 5.03 Å².